The molecule has 0 N–H and O–H groups in total. The first-order valence-corrected chi connectivity index (χ1v) is 12.1. The molecule has 2 atom stereocenters. The van der Waals surface area contributed by atoms with Crippen molar-refractivity contribution in [3.63, 3.8) is 0 Å². The molecule has 1 heterocycles. The first-order chi connectivity index (χ1) is 8.46. The van der Waals surface area contributed by atoms with Crippen molar-refractivity contribution in [3.8, 4) is 0 Å². The van der Waals surface area contributed by atoms with Crippen LogP contribution in [0.25, 0.3) is 0 Å². The number of hydrogen-bond acceptors (Lipinski definition) is 1. The maximum absolute atomic E-state index is 5.73. The Hall–Kier alpha value is -0.253. The van der Waals surface area contributed by atoms with Crippen molar-refractivity contribution in [2.45, 2.75) is 31.8 Å². The van der Waals surface area contributed by atoms with Gasteiger partial charge in [0.1, 0.15) is 13.8 Å². The van der Waals surface area contributed by atoms with Gasteiger partial charge in [-0.15, -0.1) is 0 Å². The third-order valence-corrected chi connectivity index (χ3v) is 10.1. The van der Waals surface area contributed by atoms with Crippen LogP contribution in [0.15, 0.2) is 24.3 Å². The molecule has 0 bridgehead atoms. The molecule has 100 valence electrons. The average Bonchev–Trinajstić information content (AvgIpc) is 2.29. The summed E-state index contributed by atoms with van der Waals surface area (Å²) in [6.07, 6.45) is 0. The number of benzene rings is 1. The maximum Gasteiger partial charge on any atom is 0.166 e. The maximum atomic E-state index is 5.73. The fourth-order valence-corrected chi connectivity index (χ4v) is 9.67. The van der Waals surface area contributed by atoms with Gasteiger partial charge in [0.25, 0.3) is 0 Å². The van der Waals surface area contributed by atoms with E-state index in [1.54, 1.807) is 0 Å². The highest BCUT2D eigenvalue weighted by atomic mass is 32.2. The van der Waals surface area contributed by atoms with Crippen molar-refractivity contribution in [2.24, 2.45) is 0 Å². The van der Waals surface area contributed by atoms with E-state index in [1.165, 1.54) is 22.3 Å². The molecule has 1 aliphatic heterocycles. The van der Waals surface area contributed by atoms with E-state index in [2.05, 4.69) is 50.8 Å². The molecule has 0 saturated carbocycles. The summed E-state index contributed by atoms with van der Waals surface area (Å²) in [5.41, 5.74) is 2.84. The Morgan fingerprint density at radius 1 is 1.22 bits per heavy atom. The summed E-state index contributed by atoms with van der Waals surface area (Å²) < 4.78 is 5.73. The van der Waals surface area contributed by atoms with Gasteiger partial charge < -0.3 is 4.74 Å². The third-order valence-electron chi connectivity index (χ3n) is 3.23. The molecule has 3 heteroatoms. The predicted octanol–water partition coefficient (Wildman–Crippen LogP) is 3.56. The molecule has 0 aliphatic carbocycles. The van der Waals surface area contributed by atoms with Gasteiger partial charge in [-0.05, 0) is 17.8 Å². The molecule has 1 saturated heterocycles. The van der Waals surface area contributed by atoms with Gasteiger partial charge in [-0.1, -0.05) is 49.5 Å². The van der Waals surface area contributed by atoms with Crippen LogP contribution in [0, 0.1) is 6.92 Å². The van der Waals surface area contributed by atoms with Gasteiger partial charge in [0.05, 0.1) is 18.6 Å². The molecule has 0 amide bonds. The summed E-state index contributed by atoms with van der Waals surface area (Å²) >= 11 is 0. The van der Waals surface area contributed by atoms with E-state index in [-0.39, 0.29) is 0 Å². The molecule has 1 nitrogen and oxygen atoms in total. The molecule has 0 radical (unpaired) electrons. The van der Waals surface area contributed by atoms with Crippen LogP contribution < -0.4 is 0 Å². The van der Waals surface area contributed by atoms with E-state index < -0.39 is 8.07 Å². The van der Waals surface area contributed by atoms with Crippen LogP contribution in [0.3, 0.4) is 0 Å². The summed E-state index contributed by atoms with van der Waals surface area (Å²) in [4.78, 5) is 0. The molecule has 0 spiro atoms. The van der Waals surface area contributed by atoms with E-state index in [1.807, 2.05) is 0 Å². The molecule has 0 aromatic heterocycles. The van der Waals surface area contributed by atoms with Gasteiger partial charge in [0.15, 0.2) is 5.25 Å². The van der Waals surface area contributed by atoms with Crippen LogP contribution in [-0.4, -0.2) is 32.4 Å². The highest BCUT2D eigenvalue weighted by molar-refractivity contribution is 7.98. The van der Waals surface area contributed by atoms with Crippen LogP contribution in [-0.2, 0) is 15.6 Å². The second-order valence-corrected chi connectivity index (χ2v) is 14.7. The van der Waals surface area contributed by atoms with E-state index >= 15 is 0 Å². The largest absolute Gasteiger partial charge is 0.371 e. The molecule has 2 rings (SSSR count). The van der Waals surface area contributed by atoms with Crippen LogP contribution in [0.5, 0.6) is 0 Å². The fraction of sp³-hybridized carbons (Fsp3) is 0.600. The average molecular weight is 282 g/mol. The summed E-state index contributed by atoms with van der Waals surface area (Å²) in [5.74, 6) is 1.27. The topological polar surface area (TPSA) is 9.23 Å². The van der Waals surface area contributed by atoms with Crippen molar-refractivity contribution < 1.29 is 4.74 Å². The van der Waals surface area contributed by atoms with Gasteiger partial charge in [-0.3, -0.25) is 0 Å². The lowest BCUT2D eigenvalue weighted by molar-refractivity contribution is 0.142. The van der Waals surface area contributed by atoms with Crippen molar-refractivity contribution in [1.29, 1.82) is 0 Å². The van der Waals surface area contributed by atoms with Crippen molar-refractivity contribution in [2.75, 3.05) is 24.3 Å². The Morgan fingerprint density at radius 2 is 1.89 bits per heavy atom. The smallest absolute Gasteiger partial charge is 0.166 e. The summed E-state index contributed by atoms with van der Waals surface area (Å²) in [6, 6.07) is 9.08. The van der Waals surface area contributed by atoms with Gasteiger partial charge in [-0.25, -0.2) is 0 Å². The fourth-order valence-electron chi connectivity index (χ4n) is 2.39. The minimum Gasteiger partial charge on any atom is -0.371 e. The number of ether oxygens (including phenoxy) is 1. The summed E-state index contributed by atoms with van der Waals surface area (Å²) in [6.45, 7) is 11.5. The van der Waals surface area contributed by atoms with Crippen molar-refractivity contribution >= 4 is 19.0 Å². The van der Waals surface area contributed by atoms with Crippen molar-refractivity contribution in [3.05, 3.63) is 35.4 Å². The second-order valence-electron chi connectivity index (χ2n) is 6.42. The van der Waals surface area contributed by atoms with E-state index in [0.717, 1.165) is 13.2 Å². The Labute approximate surface area is 115 Å². The zero-order chi connectivity index (χ0) is 13.2. The van der Waals surface area contributed by atoms with Crippen LogP contribution in [0.1, 0.15) is 16.4 Å². The summed E-state index contributed by atoms with van der Waals surface area (Å²) in [7, 11) is -0.446. The molecule has 1 aromatic rings. The zero-order valence-electron chi connectivity index (χ0n) is 12.0. The SMILES string of the molecule is Cc1ccc([C@H]2COCC[S+]2C[Si](C)(C)C)cc1. The molecule has 1 aliphatic rings. The molecular formula is C15H25OSSi+. The minimum absolute atomic E-state index is 0.527. The first-order valence-electron chi connectivity index (χ1n) is 6.76. The number of hydrogen-bond donors (Lipinski definition) is 0. The Morgan fingerprint density at radius 3 is 2.50 bits per heavy atom. The molecular weight excluding hydrogens is 256 g/mol. The standard InChI is InChI=1S/C15H25OSSi/c1-13-5-7-14(8-6-13)15-11-16-9-10-17(15)12-18(2,3)4/h5-8,15H,9-12H2,1-4H3/q+1/t15-,17?/m1/s1. The summed E-state index contributed by atoms with van der Waals surface area (Å²) in [5, 5.41) is 2.10. The lowest BCUT2D eigenvalue weighted by Crippen LogP contribution is -2.41. The van der Waals surface area contributed by atoms with Crippen molar-refractivity contribution in [1.82, 2.24) is 0 Å². The monoisotopic (exact) mass is 281 g/mol. The molecule has 18 heavy (non-hydrogen) atoms. The molecule has 1 fully saturated rings. The van der Waals surface area contributed by atoms with Crippen LogP contribution >= 0.6 is 0 Å². The highest BCUT2D eigenvalue weighted by Gasteiger charge is 2.39. The number of aryl methyl sites for hydroxylation is 1. The highest BCUT2D eigenvalue weighted by Crippen LogP contribution is 2.30. The Balaban J connectivity index is 2.14. The Bertz CT molecular complexity index is 382. The van der Waals surface area contributed by atoms with E-state index in [9.17, 15) is 0 Å². The van der Waals surface area contributed by atoms with Gasteiger partial charge in [0.2, 0.25) is 0 Å². The zero-order valence-corrected chi connectivity index (χ0v) is 13.8. The first kappa shape index (κ1) is 14.2. The second kappa shape index (κ2) is 5.80. The van der Waals surface area contributed by atoms with Crippen LogP contribution in [0.2, 0.25) is 19.6 Å². The van der Waals surface area contributed by atoms with Gasteiger partial charge in [0, 0.05) is 5.56 Å². The van der Waals surface area contributed by atoms with Gasteiger partial charge in [-0.2, -0.15) is 0 Å². The Kier molecular flexibility index (Phi) is 4.57. The molecule has 1 unspecified atom stereocenters. The third kappa shape index (κ3) is 3.87. The predicted molar refractivity (Wildman–Crippen MR) is 85.2 cm³/mol. The molecule has 1 aromatic carbocycles. The lowest BCUT2D eigenvalue weighted by atomic mass is 10.1. The van der Waals surface area contributed by atoms with E-state index in [4.69, 9.17) is 4.74 Å². The van der Waals surface area contributed by atoms with E-state index in [0.29, 0.717) is 16.1 Å². The quantitative estimate of drug-likeness (QED) is 0.608. The van der Waals surface area contributed by atoms with Gasteiger partial charge >= 0.3 is 0 Å². The van der Waals surface area contributed by atoms with Crippen LogP contribution in [0.4, 0.5) is 0 Å². The lowest BCUT2D eigenvalue weighted by Gasteiger charge is -2.28. The minimum atomic E-state index is -0.973. The normalized spacial score (nSPS) is 25.1. The number of rotatable bonds is 3.